The third-order valence-electron chi connectivity index (χ3n) is 2.37. The van der Waals surface area contributed by atoms with Gasteiger partial charge in [-0.15, -0.1) is 0 Å². The summed E-state index contributed by atoms with van der Waals surface area (Å²) in [6.45, 7) is 3.58. The third kappa shape index (κ3) is 2.82. The van der Waals surface area contributed by atoms with Crippen molar-refractivity contribution in [1.82, 2.24) is 10.4 Å². The first kappa shape index (κ1) is 12.0. The van der Waals surface area contributed by atoms with Crippen LogP contribution < -0.4 is 5.43 Å². The fourth-order valence-electron chi connectivity index (χ4n) is 1.39. The molecule has 0 aliphatic carbocycles. The van der Waals surface area contributed by atoms with Crippen molar-refractivity contribution in [3.05, 3.63) is 53.7 Å². The molecule has 0 saturated carbocycles. The Bertz CT molecular complexity index is 573. The Morgan fingerprint density at radius 2 is 2.22 bits per heavy atom. The summed E-state index contributed by atoms with van der Waals surface area (Å²) < 4.78 is 5.19. The number of aromatic nitrogens is 1. The molecule has 0 saturated heterocycles. The highest BCUT2D eigenvalue weighted by Gasteiger charge is 2.08. The van der Waals surface area contributed by atoms with Crippen LogP contribution in [0, 0.1) is 6.92 Å². The van der Waals surface area contributed by atoms with E-state index in [4.69, 9.17) is 4.42 Å². The number of rotatable bonds is 3. The molecule has 5 nitrogen and oxygen atoms in total. The highest BCUT2D eigenvalue weighted by atomic mass is 16.3. The average molecular weight is 243 g/mol. The third-order valence-corrected chi connectivity index (χ3v) is 2.37. The fourth-order valence-corrected chi connectivity index (χ4v) is 1.39. The molecule has 92 valence electrons. The van der Waals surface area contributed by atoms with Gasteiger partial charge in [-0.3, -0.25) is 9.78 Å². The molecule has 0 aliphatic heterocycles. The topological polar surface area (TPSA) is 67.5 Å². The van der Waals surface area contributed by atoms with E-state index in [1.54, 1.807) is 38.4 Å². The highest BCUT2D eigenvalue weighted by Crippen LogP contribution is 2.05. The molecule has 0 aromatic carbocycles. The van der Waals surface area contributed by atoms with Gasteiger partial charge in [0.05, 0.1) is 5.71 Å². The van der Waals surface area contributed by atoms with Gasteiger partial charge in [-0.2, -0.15) is 5.10 Å². The number of carbonyl (C=O) groups is 1. The zero-order chi connectivity index (χ0) is 13.0. The van der Waals surface area contributed by atoms with Gasteiger partial charge in [-0.05, 0) is 32.0 Å². The van der Waals surface area contributed by atoms with Gasteiger partial charge in [0.25, 0.3) is 0 Å². The van der Waals surface area contributed by atoms with E-state index >= 15 is 0 Å². The standard InChI is InChI=1S/C13H13N3O2/c1-9-5-6-12(18-9)13(17)16-15-10(2)11-4-3-7-14-8-11/h3-8H,1-2H3,(H,16,17)/b15-10+. The second-order valence-corrected chi connectivity index (χ2v) is 3.79. The summed E-state index contributed by atoms with van der Waals surface area (Å²) in [6.07, 6.45) is 3.36. The van der Waals surface area contributed by atoms with Crippen LogP contribution in [0.25, 0.3) is 0 Å². The van der Waals surface area contributed by atoms with E-state index in [0.29, 0.717) is 11.5 Å². The van der Waals surface area contributed by atoms with Gasteiger partial charge in [0, 0.05) is 18.0 Å². The van der Waals surface area contributed by atoms with Gasteiger partial charge in [-0.25, -0.2) is 5.43 Å². The maximum absolute atomic E-state index is 11.7. The van der Waals surface area contributed by atoms with Crippen LogP contribution >= 0.6 is 0 Å². The molecule has 5 heteroatoms. The smallest absolute Gasteiger partial charge is 0.307 e. The average Bonchev–Trinajstić information content (AvgIpc) is 2.83. The molecule has 2 heterocycles. The first-order valence-electron chi connectivity index (χ1n) is 5.48. The van der Waals surface area contributed by atoms with Crippen LogP contribution in [-0.2, 0) is 0 Å². The first-order chi connectivity index (χ1) is 8.66. The van der Waals surface area contributed by atoms with Gasteiger partial charge in [0.2, 0.25) is 0 Å². The van der Waals surface area contributed by atoms with Crippen LogP contribution in [0.2, 0.25) is 0 Å². The Kier molecular flexibility index (Phi) is 3.52. The molecule has 2 aromatic rings. The van der Waals surface area contributed by atoms with Crippen LogP contribution in [0.1, 0.15) is 28.8 Å². The number of amides is 1. The summed E-state index contributed by atoms with van der Waals surface area (Å²) in [6, 6.07) is 7.02. The van der Waals surface area contributed by atoms with Gasteiger partial charge >= 0.3 is 5.91 Å². The molecular formula is C13H13N3O2. The maximum atomic E-state index is 11.7. The molecular weight excluding hydrogens is 230 g/mol. The van der Waals surface area contributed by atoms with E-state index < -0.39 is 0 Å². The lowest BCUT2D eigenvalue weighted by Gasteiger charge is -2.00. The molecule has 0 aliphatic rings. The monoisotopic (exact) mass is 243 g/mol. The number of nitrogens with zero attached hydrogens (tertiary/aromatic N) is 2. The number of nitrogens with one attached hydrogen (secondary N) is 1. The van der Waals surface area contributed by atoms with Gasteiger partial charge in [0.1, 0.15) is 5.76 Å². The van der Waals surface area contributed by atoms with Crippen LogP contribution in [0.15, 0.2) is 46.2 Å². The second-order valence-electron chi connectivity index (χ2n) is 3.79. The molecule has 0 bridgehead atoms. The van der Waals surface area contributed by atoms with Gasteiger partial charge < -0.3 is 4.42 Å². The molecule has 1 N–H and O–H groups in total. The van der Waals surface area contributed by atoms with Crippen molar-refractivity contribution >= 4 is 11.6 Å². The quantitative estimate of drug-likeness (QED) is 0.663. The summed E-state index contributed by atoms with van der Waals surface area (Å²) in [5.41, 5.74) is 3.97. The molecule has 2 aromatic heterocycles. The molecule has 1 amide bonds. The first-order valence-corrected chi connectivity index (χ1v) is 5.48. The van der Waals surface area contributed by atoms with E-state index in [1.807, 2.05) is 12.1 Å². The SMILES string of the molecule is C/C(=N\NC(=O)c1ccc(C)o1)c1cccnc1. The Balaban J connectivity index is 2.05. The number of hydrogen-bond acceptors (Lipinski definition) is 4. The van der Waals surface area contributed by atoms with Crippen molar-refractivity contribution in [2.24, 2.45) is 5.10 Å². The predicted molar refractivity (Wildman–Crippen MR) is 67.4 cm³/mol. The van der Waals surface area contributed by atoms with Crippen molar-refractivity contribution in [1.29, 1.82) is 0 Å². The lowest BCUT2D eigenvalue weighted by Crippen LogP contribution is -2.18. The van der Waals surface area contributed by atoms with Crippen molar-refractivity contribution in [2.45, 2.75) is 13.8 Å². The Labute approximate surface area is 105 Å². The van der Waals surface area contributed by atoms with Crippen molar-refractivity contribution < 1.29 is 9.21 Å². The summed E-state index contributed by atoms with van der Waals surface area (Å²) in [4.78, 5) is 15.6. The lowest BCUT2D eigenvalue weighted by molar-refractivity contribution is 0.0926. The van der Waals surface area contributed by atoms with E-state index in [9.17, 15) is 4.79 Å². The van der Waals surface area contributed by atoms with Crippen LogP contribution in [0.3, 0.4) is 0 Å². The summed E-state index contributed by atoms with van der Waals surface area (Å²) in [5.74, 6) is 0.565. The zero-order valence-electron chi connectivity index (χ0n) is 10.2. The number of pyridine rings is 1. The number of hydrogen-bond donors (Lipinski definition) is 1. The van der Waals surface area contributed by atoms with E-state index in [1.165, 1.54) is 0 Å². The minimum atomic E-state index is -0.369. The highest BCUT2D eigenvalue weighted by molar-refractivity contribution is 6.00. The molecule has 18 heavy (non-hydrogen) atoms. The molecule has 0 spiro atoms. The van der Waals surface area contributed by atoms with E-state index in [-0.39, 0.29) is 11.7 Å². The normalized spacial score (nSPS) is 11.3. The van der Waals surface area contributed by atoms with Gasteiger partial charge in [-0.1, -0.05) is 6.07 Å². The van der Waals surface area contributed by atoms with Crippen molar-refractivity contribution in [2.75, 3.05) is 0 Å². The molecule has 0 atom stereocenters. The molecule has 0 unspecified atom stereocenters. The van der Waals surface area contributed by atoms with Crippen LogP contribution in [-0.4, -0.2) is 16.6 Å². The summed E-state index contributed by atoms with van der Waals surface area (Å²) >= 11 is 0. The fraction of sp³-hybridized carbons (Fsp3) is 0.154. The number of furan rings is 1. The van der Waals surface area contributed by atoms with E-state index in [2.05, 4.69) is 15.5 Å². The van der Waals surface area contributed by atoms with Crippen molar-refractivity contribution in [3.8, 4) is 0 Å². The largest absolute Gasteiger partial charge is 0.456 e. The van der Waals surface area contributed by atoms with Crippen LogP contribution in [0.4, 0.5) is 0 Å². The van der Waals surface area contributed by atoms with Crippen molar-refractivity contribution in [3.63, 3.8) is 0 Å². The molecule has 2 rings (SSSR count). The Morgan fingerprint density at radius 3 is 2.83 bits per heavy atom. The molecule has 0 fully saturated rings. The number of carbonyl (C=O) groups excluding carboxylic acids is 1. The second kappa shape index (κ2) is 5.27. The molecule has 0 radical (unpaired) electrons. The lowest BCUT2D eigenvalue weighted by atomic mass is 10.2. The zero-order valence-corrected chi connectivity index (χ0v) is 10.2. The Morgan fingerprint density at radius 1 is 1.39 bits per heavy atom. The summed E-state index contributed by atoms with van der Waals surface area (Å²) in [5, 5.41) is 4.00. The minimum Gasteiger partial charge on any atom is -0.456 e. The van der Waals surface area contributed by atoms with E-state index in [0.717, 1.165) is 5.56 Å². The van der Waals surface area contributed by atoms with Crippen LogP contribution in [0.5, 0.6) is 0 Å². The minimum absolute atomic E-state index is 0.246. The number of hydrazone groups is 1. The van der Waals surface area contributed by atoms with Gasteiger partial charge in [0.15, 0.2) is 5.76 Å². The number of aryl methyl sites for hydroxylation is 1. The summed E-state index contributed by atoms with van der Waals surface area (Å²) in [7, 11) is 0. The Hall–Kier alpha value is -2.43. The maximum Gasteiger partial charge on any atom is 0.307 e. The predicted octanol–water partition coefficient (Wildman–Crippen LogP) is 2.14.